The van der Waals surface area contributed by atoms with Crippen molar-refractivity contribution >= 4 is 50.7 Å². The molecule has 8 nitrogen and oxygen atoms in total. The van der Waals surface area contributed by atoms with Crippen molar-refractivity contribution in [3.63, 3.8) is 0 Å². The Balaban J connectivity index is 2.09. The van der Waals surface area contributed by atoms with Gasteiger partial charge in [0, 0.05) is 35.3 Å². The Kier molecular flexibility index (Phi) is 9.65. The Labute approximate surface area is 233 Å². The van der Waals surface area contributed by atoms with Crippen LogP contribution in [0.5, 0.6) is 5.75 Å². The molecule has 0 aromatic heterocycles. The summed E-state index contributed by atoms with van der Waals surface area (Å²) in [5.41, 5.74) is 1.55. The van der Waals surface area contributed by atoms with E-state index >= 15 is 0 Å². The number of nitrogens with zero attached hydrogens (tertiary/aromatic N) is 2. The highest BCUT2D eigenvalue weighted by Crippen LogP contribution is 2.29. The number of carbonyl (C=O) groups excluding carboxylic acids is 2. The number of aryl methyl sites for hydroxylation is 1. The first-order valence-corrected chi connectivity index (χ1v) is 13.9. The predicted molar refractivity (Wildman–Crippen MR) is 149 cm³/mol. The molecular weight excluding hydrogens is 549 g/mol. The zero-order chi connectivity index (χ0) is 28.0. The second kappa shape index (κ2) is 12.5. The Morgan fingerprint density at radius 1 is 1.00 bits per heavy atom. The highest BCUT2D eigenvalue weighted by molar-refractivity contribution is 7.92. The number of carbonyl (C=O) groups is 2. The number of ether oxygens (including phenoxy) is 1. The minimum Gasteiger partial charge on any atom is -0.497 e. The Morgan fingerprint density at radius 2 is 1.61 bits per heavy atom. The summed E-state index contributed by atoms with van der Waals surface area (Å²) >= 11 is 12.7. The number of nitrogens with one attached hydrogen (secondary N) is 1. The second-order valence-electron chi connectivity index (χ2n) is 8.54. The normalized spacial score (nSPS) is 11.9. The molecule has 1 atom stereocenters. The van der Waals surface area contributed by atoms with Crippen LogP contribution in [0, 0.1) is 6.92 Å². The van der Waals surface area contributed by atoms with Crippen LogP contribution in [0.25, 0.3) is 0 Å². The van der Waals surface area contributed by atoms with Crippen LogP contribution in [-0.4, -0.2) is 51.9 Å². The Hall–Kier alpha value is -3.27. The van der Waals surface area contributed by atoms with E-state index in [1.165, 1.54) is 37.3 Å². The zero-order valence-electron chi connectivity index (χ0n) is 21.4. The molecule has 0 saturated heterocycles. The molecule has 3 aromatic carbocycles. The number of methoxy groups -OCH3 is 1. The summed E-state index contributed by atoms with van der Waals surface area (Å²) in [6, 6.07) is 16.7. The molecule has 11 heteroatoms. The molecule has 0 heterocycles. The van der Waals surface area contributed by atoms with E-state index in [1.54, 1.807) is 55.5 Å². The van der Waals surface area contributed by atoms with Gasteiger partial charge in [0.1, 0.15) is 18.3 Å². The third kappa shape index (κ3) is 6.59. The summed E-state index contributed by atoms with van der Waals surface area (Å²) in [5.74, 6) is -0.649. The van der Waals surface area contributed by atoms with Crippen LogP contribution in [0.15, 0.2) is 71.6 Å². The minimum absolute atomic E-state index is 0.0127. The number of likely N-dealkylation sites (N-methyl/N-ethyl adjacent to an activating group) is 1. The maximum absolute atomic E-state index is 13.8. The van der Waals surface area contributed by atoms with Crippen LogP contribution in [0.2, 0.25) is 10.0 Å². The molecular formula is C27H29Cl2N3O5S. The average Bonchev–Trinajstić information content (AvgIpc) is 2.90. The maximum atomic E-state index is 13.8. The molecule has 0 aliphatic heterocycles. The smallest absolute Gasteiger partial charge is 0.264 e. The van der Waals surface area contributed by atoms with Gasteiger partial charge in [-0.15, -0.1) is 0 Å². The Morgan fingerprint density at radius 3 is 2.18 bits per heavy atom. The summed E-state index contributed by atoms with van der Waals surface area (Å²) in [6.07, 6.45) is 0. The van der Waals surface area contributed by atoms with Crippen molar-refractivity contribution in [3.05, 3.63) is 87.9 Å². The molecule has 0 aliphatic carbocycles. The van der Waals surface area contributed by atoms with E-state index in [0.29, 0.717) is 21.4 Å². The van der Waals surface area contributed by atoms with E-state index < -0.39 is 34.4 Å². The van der Waals surface area contributed by atoms with Gasteiger partial charge in [0.2, 0.25) is 11.8 Å². The van der Waals surface area contributed by atoms with Crippen LogP contribution in [-0.2, 0) is 26.2 Å². The molecule has 0 saturated carbocycles. The molecule has 1 N–H and O–H groups in total. The highest BCUT2D eigenvalue weighted by atomic mass is 35.5. The molecule has 2 amide bonds. The highest BCUT2D eigenvalue weighted by Gasteiger charge is 2.33. The summed E-state index contributed by atoms with van der Waals surface area (Å²) in [7, 11) is -1.27. The van der Waals surface area contributed by atoms with Crippen molar-refractivity contribution in [2.75, 3.05) is 25.0 Å². The van der Waals surface area contributed by atoms with E-state index in [0.717, 1.165) is 9.87 Å². The molecule has 0 spiro atoms. The number of hydrogen-bond acceptors (Lipinski definition) is 5. The van der Waals surface area contributed by atoms with E-state index in [2.05, 4.69) is 5.32 Å². The van der Waals surface area contributed by atoms with Crippen LogP contribution in [0.3, 0.4) is 0 Å². The lowest BCUT2D eigenvalue weighted by Gasteiger charge is -2.32. The van der Waals surface area contributed by atoms with Gasteiger partial charge >= 0.3 is 0 Å². The van der Waals surface area contributed by atoms with Gasteiger partial charge in [-0.05, 0) is 50.2 Å². The second-order valence-corrected chi connectivity index (χ2v) is 11.2. The van der Waals surface area contributed by atoms with Crippen molar-refractivity contribution in [1.82, 2.24) is 10.2 Å². The molecule has 38 heavy (non-hydrogen) atoms. The molecule has 3 rings (SSSR count). The third-order valence-electron chi connectivity index (χ3n) is 6.03. The summed E-state index contributed by atoms with van der Waals surface area (Å²) in [6.45, 7) is 2.69. The molecule has 3 aromatic rings. The fraction of sp³-hybridized carbons (Fsp3) is 0.259. The van der Waals surface area contributed by atoms with Gasteiger partial charge in [-0.2, -0.15) is 0 Å². The number of amides is 2. The van der Waals surface area contributed by atoms with Gasteiger partial charge in [0.25, 0.3) is 10.0 Å². The van der Waals surface area contributed by atoms with Crippen molar-refractivity contribution < 1.29 is 22.7 Å². The maximum Gasteiger partial charge on any atom is 0.264 e. The third-order valence-corrected chi connectivity index (χ3v) is 8.53. The van der Waals surface area contributed by atoms with Gasteiger partial charge in [-0.25, -0.2) is 8.42 Å². The van der Waals surface area contributed by atoms with E-state index in [-0.39, 0.29) is 17.1 Å². The van der Waals surface area contributed by atoms with Crippen LogP contribution < -0.4 is 14.4 Å². The van der Waals surface area contributed by atoms with Crippen molar-refractivity contribution in [1.29, 1.82) is 0 Å². The van der Waals surface area contributed by atoms with Crippen LogP contribution in [0.1, 0.15) is 18.1 Å². The summed E-state index contributed by atoms with van der Waals surface area (Å²) < 4.78 is 33.9. The standard InChI is InChI=1S/C27H29Cl2N3O5S/c1-18-11-13-22(14-12-18)38(35,36)32(20-7-5-8-21(15-20)37-4)17-26(33)31(19(2)27(34)30-3)16-23-24(28)9-6-10-25(23)29/h5-15,19H,16-17H2,1-4H3,(H,30,34). The van der Waals surface area contributed by atoms with Crippen molar-refractivity contribution in [2.24, 2.45) is 0 Å². The monoisotopic (exact) mass is 577 g/mol. The van der Waals surface area contributed by atoms with Gasteiger partial charge in [-0.3, -0.25) is 13.9 Å². The average molecular weight is 579 g/mol. The lowest BCUT2D eigenvalue weighted by molar-refractivity contribution is -0.139. The van der Waals surface area contributed by atoms with Gasteiger partial charge < -0.3 is 15.0 Å². The van der Waals surface area contributed by atoms with Gasteiger partial charge in [0.15, 0.2) is 0 Å². The topological polar surface area (TPSA) is 96.0 Å². The number of benzene rings is 3. The fourth-order valence-corrected chi connectivity index (χ4v) is 5.70. The van der Waals surface area contributed by atoms with Crippen LogP contribution >= 0.6 is 23.2 Å². The SMILES string of the molecule is CNC(=O)C(C)N(Cc1c(Cl)cccc1Cl)C(=O)CN(c1cccc(OC)c1)S(=O)(=O)c1ccc(C)cc1. The lowest BCUT2D eigenvalue weighted by atomic mass is 10.1. The summed E-state index contributed by atoms with van der Waals surface area (Å²) in [5, 5.41) is 3.16. The van der Waals surface area contributed by atoms with Gasteiger partial charge in [0.05, 0.1) is 17.7 Å². The van der Waals surface area contributed by atoms with Gasteiger partial charge in [-0.1, -0.05) is 53.0 Å². The number of hydrogen-bond donors (Lipinski definition) is 1. The number of anilines is 1. The molecule has 202 valence electrons. The zero-order valence-corrected chi connectivity index (χ0v) is 23.8. The van der Waals surface area contributed by atoms with Crippen molar-refractivity contribution in [2.45, 2.75) is 31.3 Å². The molecule has 1 unspecified atom stereocenters. The van der Waals surface area contributed by atoms with E-state index in [4.69, 9.17) is 27.9 Å². The molecule has 0 aliphatic rings. The number of halogens is 2. The van der Waals surface area contributed by atoms with E-state index in [9.17, 15) is 18.0 Å². The summed E-state index contributed by atoms with van der Waals surface area (Å²) in [4.78, 5) is 27.7. The molecule has 0 bridgehead atoms. The number of rotatable bonds is 10. The van der Waals surface area contributed by atoms with Crippen molar-refractivity contribution in [3.8, 4) is 5.75 Å². The lowest BCUT2D eigenvalue weighted by Crippen LogP contribution is -2.50. The van der Waals surface area contributed by atoms with Crippen LogP contribution in [0.4, 0.5) is 5.69 Å². The fourth-order valence-electron chi connectivity index (χ4n) is 3.78. The largest absolute Gasteiger partial charge is 0.497 e. The predicted octanol–water partition coefficient (Wildman–Crippen LogP) is 4.67. The van der Waals surface area contributed by atoms with E-state index in [1.807, 2.05) is 6.92 Å². The Bertz CT molecular complexity index is 1390. The first-order valence-electron chi connectivity index (χ1n) is 11.7. The number of sulfonamides is 1. The first-order chi connectivity index (χ1) is 18.0. The minimum atomic E-state index is -4.19. The molecule has 0 radical (unpaired) electrons. The first kappa shape index (κ1) is 29.3. The quantitative estimate of drug-likeness (QED) is 0.378. The molecule has 0 fully saturated rings.